The molecule has 0 saturated carbocycles. The molecule has 5 heteroatoms. The average Bonchev–Trinajstić information content (AvgIpc) is 2.46. The second kappa shape index (κ2) is 5.25. The summed E-state index contributed by atoms with van der Waals surface area (Å²) in [6.07, 6.45) is 0. The van der Waals surface area contributed by atoms with Crippen LogP contribution in [0.4, 0.5) is 10.1 Å². The first-order valence-electron chi connectivity index (χ1n) is 6.15. The molecular weight excluding hydrogens is 325 g/mol. The van der Waals surface area contributed by atoms with Crippen LogP contribution < -0.4 is 9.64 Å². The molecule has 0 saturated heterocycles. The van der Waals surface area contributed by atoms with Crippen molar-refractivity contribution in [1.82, 2.24) is 0 Å². The van der Waals surface area contributed by atoms with Gasteiger partial charge in [0.05, 0.1) is 17.8 Å². The number of fused-ring (bicyclic) bond motifs is 1. The van der Waals surface area contributed by atoms with Gasteiger partial charge in [-0.15, -0.1) is 0 Å². The van der Waals surface area contributed by atoms with E-state index in [2.05, 4.69) is 15.9 Å². The number of rotatable bonds is 1. The number of nitrogens with zero attached hydrogens (tertiary/aromatic N) is 1. The second-order valence-corrected chi connectivity index (χ2v) is 5.25. The van der Waals surface area contributed by atoms with Gasteiger partial charge >= 0.3 is 0 Å². The fourth-order valence-electron chi connectivity index (χ4n) is 2.18. The van der Waals surface area contributed by atoms with E-state index in [4.69, 9.17) is 4.74 Å². The summed E-state index contributed by atoms with van der Waals surface area (Å²) in [4.78, 5) is 14.2. The first-order valence-corrected chi connectivity index (χ1v) is 6.95. The molecule has 0 N–H and O–H groups in total. The molecule has 0 aromatic heterocycles. The lowest BCUT2D eigenvalue weighted by molar-refractivity contribution is 0.0976. The van der Waals surface area contributed by atoms with Crippen molar-refractivity contribution >= 4 is 27.5 Å². The van der Waals surface area contributed by atoms with E-state index in [1.54, 1.807) is 29.2 Å². The van der Waals surface area contributed by atoms with Crippen molar-refractivity contribution in [2.75, 3.05) is 18.1 Å². The summed E-state index contributed by atoms with van der Waals surface area (Å²) in [5, 5.41) is 0. The van der Waals surface area contributed by atoms with Gasteiger partial charge in [-0.05, 0) is 40.2 Å². The average molecular weight is 336 g/mol. The van der Waals surface area contributed by atoms with Crippen LogP contribution in [0.1, 0.15) is 10.4 Å². The van der Waals surface area contributed by atoms with E-state index in [0.717, 1.165) is 4.47 Å². The van der Waals surface area contributed by atoms with Crippen LogP contribution in [0.25, 0.3) is 0 Å². The molecule has 0 bridgehead atoms. The molecule has 2 aromatic carbocycles. The first kappa shape index (κ1) is 13.1. The lowest BCUT2D eigenvalue weighted by Crippen LogP contribution is -2.38. The minimum atomic E-state index is -0.390. The molecule has 1 aliphatic heterocycles. The standard InChI is InChI=1S/C15H11BrFNO2/c16-12-4-2-1-3-11(12)15(19)18-7-8-20-14-6-5-10(17)9-13(14)18/h1-6,9H,7-8H2. The minimum Gasteiger partial charge on any atom is -0.490 e. The fourth-order valence-corrected chi connectivity index (χ4v) is 2.64. The third-order valence-electron chi connectivity index (χ3n) is 3.13. The Morgan fingerprint density at radius 1 is 1.25 bits per heavy atom. The van der Waals surface area contributed by atoms with Crippen molar-refractivity contribution in [2.45, 2.75) is 0 Å². The number of hydrogen-bond donors (Lipinski definition) is 0. The van der Waals surface area contributed by atoms with Crippen molar-refractivity contribution in [1.29, 1.82) is 0 Å². The highest BCUT2D eigenvalue weighted by molar-refractivity contribution is 9.10. The third kappa shape index (κ3) is 2.29. The molecule has 3 nitrogen and oxygen atoms in total. The summed E-state index contributed by atoms with van der Waals surface area (Å²) in [5.74, 6) is -0.0372. The maximum atomic E-state index is 13.4. The van der Waals surface area contributed by atoms with E-state index in [9.17, 15) is 9.18 Å². The Morgan fingerprint density at radius 2 is 2.05 bits per heavy atom. The molecule has 0 atom stereocenters. The van der Waals surface area contributed by atoms with E-state index in [0.29, 0.717) is 30.2 Å². The topological polar surface area (TPSA) is 29.5 Å². The maximum absolute atomic E-state index is 13.4. The number of benzene rings is 2. The van der Waals surface area contributed by atoms with Gasteiger partial charge in [0, 0.05) is 10.5 Å². The monoisotopic (exact) mass is 335 g/mol. The number of hydrogen-bond acceptors (Lipinski definition) is 2. The van der Waals surface area contributed by atoms with Gasteiger partial charge in [-0.1, -0.05) is 12.1 Å². The predicted octanol–water partition coefficient (Wildman–Crippen LogP) is 3.63. The van der Waals surface area contributed by atoms with Gasteiger partial charge in [0.15, 0.2) is 0 Å². The smallest absolute Gasteiger partial charge is 0.259 e. The van der Waals surface area contributed by atoms with Crippen LogP contribution in [0.15, 0.2) is 46.9 Å². The summed E-state index contributed by atoms with van der Waals surface area (Å²) in [6.45, 7) is 0.797. The zero-order valence-electron chi connectivity index (χ0n) is 10.5. The zero-order chi connectivity index (χ0) is 14.1. The van der Waals surface area contributed by atoms with Gasteiger partial charge in [-0.25, -0.2) is 4.39 Å². The third-order valence-corrected chi connectivity index (χ3v) is 3.83. The van der Waals surface area contributed by atoms with Crippen LogP contribution in [-0.2, 0) is 0 Å². The Kier molecular flexibility index (Phi) is 3.44. The summed E-state index contributed by atoms with van der Waals surface area (Å²) < 4.78 is 19.6. The van der Waals surface area contributed by atoms with E-state index in [-0.39, 0.29) is 11.7 Å². The van der Waals surface area contributed by atoms with E-state index in [1.165, 1.54) is 12.1 Å². The fraction of sp³-hybridized carbons (Fsp3) is 0.133. The molecule has 0 spiro atoms. The molecule has 0 radical (unpaired) electrons. The quantitative estimate of drug-likeness (QED) is 0.796. The number of anilines is 1. The maximum Gasteiger partial charge on any atom is 0.259 e. The van der Waals surface area contributed by atoms with Crippen molar-refractivity contribution in [2.24, 2.45) is 0 Å². The highest BCUT2D eigenvalue weighted by atomic mass is 79.9. The Bertz CT molecular complexity index is 675. The molecule has 2 aromatic rings. The van der Waals surface area contributed by atoms with Crippen LogP contribution in [0.3, 0.4) is 0 Å². The Balaban J connectivity index is 2.03. The van der Waals surface area contributed by atoms with Crippen molar-refractivity contribution in [3.8, 4) is 5.75 Å². The molecule has 1 amide bonds. The summed E-state index contributed by atoms with van der Waals surface area (Å²) in [7, 11) is 0. The molecule has 3 rings (SSSR count). The van der Waals surface area contributed by atoms with Crippen LogP contribution in [0, 0.1) is 5.82 Å². The number of halogens is 2. The molecule has 20 heavy (non-hydrogen) atoms. The molecular formula is C15H11BrFNO2. The van der Waals surface area contributed by atoms with Crippen molar-refractivity contribution in [3.63, 3.8) is 0 Å². The van der Waals surface area contributed by atoms with Crippen molar-refractivity contribution < 1.29 is 13.9 Å². The largest absolute Gasteiger partial charge is 0.490 e. The van der Waals surface area contributed by atoms with Gasteiger partial charge < -0.3 is 9.64 Å². The van der Waals surface area contributed by atoms with Gasteiger partial charge in [-0.2, -0.15) is 0 Å². The Hall–Kier alpha value is -1.88. The molecule has 1 heterocycles. The summed E-state index contributed by atoms with van der Waals surface area (Å²) >= 11 is 3.37. The zero-order valence-corrected chi connectivity index (χ0v) is 12.1. The first-order chi connectivity index (χ1) is 9.66. The van der Waals surface area contributed by atoms with Crippen LogP contribution in [0.5, 0.6) is 5.75 Å². The lowest BCUT2D eigenvalue weighted by atomic mass is 10.1. The number of carbonyl (C=O) groups excluding carboxylic acids is 1. The van der Waals surface area contributed by atoms with Gasteiger partial charge in [0.2, 0.25) is 0 Å². The highest BCUT2D eigenvalue weighted by Gasteiger charge is 2.26. The van der Waals surface area contributed by atoms with E-state index >= 15 is 0 Å². The number of ether oxygens (including phenoxy) is 1. The molecule has 102 valence electrons. The molecule has 0 unspecified atom stereocenters. The molecule has 1 aliphatic rings. The van der Waals surface area contributed by atoms with E-state index in [1.807, 2.05) is 6.07 Å². The van der Waals surface area contributed by atoms with E-state index < -0.39 is 0 Å². The SMILES string of the molecule is O=C(c1ccccc1Br)N1CCOc2ccc(F)cc21. The minimum absolute atomic E-state index is 0.173. The number of amides is 1. The number of carbonyl (C=O) groups is 1. The highest BCUT2D eigenvalue weighted by Crippen LogP contribution is 2.33. The normalized spacial score (nSPS) is 13.6. The van der Waals surface area contributed by atoms with Crippen LogP contribution in [-0.4, -0.2) is 19.1 Å². The Morgan fingerprint density at radius 3 is 2.85 bits per heavy atom. The predicted molar refractivity (Wildman–Crippen MR) is 77.7 cm³/mol. The van der Waals surface area contributed by atoms with Crippen LogP contribution in [0.2, 0.25) is 0 Å². The van der Waals surface area contributed by atoms with Crippen molar-refractivity contribution in [3.05, 3.63) is 58.3 Å². The summed E-state index contributed by atoms with van der Waals surface area (Å²) in [6, 6.07) is 11.4. The molecule has 0 fully saturated rings. The van der Waals surface area contributed by atoms with Gasteiger partial charge in [0.25, 0.3) is 5.91 Å². The van der Waals surface area contributed by atoms with Crippen LogP contribution >= 0.6 is 15.9 Å². The second-order valence-electron chi connectivity index (χ2n) is 4.40. The van der Waals surface area contributed by atoms with Gasteiger partial charge in [-0.3, -0.25) is 4.79 Å². The Labute approximate surface area is 124 Å². The summed E-state index contributed by atoms with van der Waals surface area (Å²) in [5.41, 5.74) is 1.02. The molecule has 0 aliphatic carbocycles. The van der Waals surface area contributed by atoms with Gasteiger partial charge in [0.1, 0.15) is 18.2 Å². The lowest BCUT2D eigenvalue weighted by Gasteiger charge is -2.29.